The van der Waals surface area contributed by atoms with Crippen LogP contribution in [0.5, 0.6) is 0 Å². The molecule has 104 valence electrons. The van der Waals surface area contributed by atoms with Crippen molar-refractivity contribution in [3.63, 3.8) is 0 Å². The molecule has 1 N–H and O–H groups in total. The fourth-order valence-electron chi connectivity index (χ4n) is 2.19. The molecule has 1 aromatic heterocycles. The van der Waals surface area contributed by atoms with Crippen molar-refractivity contribution in [1.82, 2.24) is 10.2 Å². The molecule has 0 amide bonds. The molecule has 1 heterocycles. The van der Waals surface area contributed by atoms with Gasteiger partial charge < -0.3 is 9.73 Å². The van der Waals surface area contributed by atoms with Gasteiger partial charge in [0.25, 0.3) is 0 Å². The van der Waals surface area contributed by atoms with Crippen molar-refractivity contribution < 1.29 is 4.42 Å². The average Bonchev–Trinajstić information content (AvgIpc) is 2.63. The van der Waals surface area contributed by atoms with Gasteiger partial charge in [-0.2, -0.15) is 0 Å². The number of rotatable bonds is 7. The van der Waals surface area contributed by atoms with Crippen LogP contribution in [0.1, 0.15) is 39.2 Å². The van der Waals surface area contributed by atoms with Crippen molar-refractivity contribution in [3.05, 3.63) is 23.7 Å². The molecule has 1 rings (SSSR count). The topological polar surface area (TPSA) is 28.4 Å². The first-order chi connectivity index (χ1) is 8.40. The standard InChI is InChI=1S/C15H28N2O/c1-11(2)15(9-16-12(3)4)17(6)10-14-8-7-13(5)18-14/h7-8,11-12,15-16H,9-10H2,1-6H3. The molecule has 0 aromatic carbocycles. The zero-order valence-electron chi connectivity index (χ0n) is 12.7. The van der Waals surface area contributed by atoms with Crippen molar-refractivity contribution in [2.24, 2.45) is 5.92 Å². The molecule has 0 aliphatic carbocycles. The molecule has 1 atom stereocenters. The van der Waals surface area contributed by atoms with Crippen LogP contribution in [0.15, 0.2) is 16.5 Å². The molecule has 0 spiro atoms. The molecule has 0 bridgehead atoms. The Morgan fingerprint density at radius 1 is 1.22 bits per heavy atom. The summed E-state index contributed by atoms with van der Waals surface area (Å²) in [5.41, 5.74) is 0. The first kappa shape index (κ1) is 15.3. The van der Waals surface area contributed by atoms with Gasteiger partial charge in [-0.15, -0.1) is 0 Å². The van der Waals surface area contributed by atoms with Crippen molar-refractivity contribution in [3.8, 4) is 0 Å². The van der Waals surface area contributed by atoms with Gasteiger partial charge in [-0.25, -0.2) is 0 Å². The van der Waals surface area contributed by atoms with Crippen LogP contribution in [-0.4, -0.2) is 30.6 Å². The third-order valence-electron chi connectivity index (χ3n) is 3.27. The highest BCUT2D eigenvalue weighted by atomic mass is 16.3. The third kappa shape index (κ3) is 4.83. The minimum Gasteiger partial charge on any atom is -0.465 e. The number of hydrogen-bond acceptors (Lipinski definition) is 3. The summed E-state index contributed by atoms with van der Waals surface area (Å²) < 4.78 is 5.65. The van der Waals surface area contributed by atoms with Crippen LogP contribution in [0.25, 0.3) is 0 Å². The van der Waals surface area contributed by atoms with E-state index >= 15 is 0 Å². The molecule has 0 aliphatic rings. The summed E-state index contributed by atoms with van der Waals surface area (Å²) in [6, 6.07) is 5.15. The molecule has 0 fully saturated rings. The number of nitrogens with zero attached hydrogens (tertiary/aromatic N) is 1. The number of aryl methyl sites for hydroxylation is 1. The summed E-state index contributed by atoms with van der Waals surface area (Å²) in [5.74, 6) is 2.65. The van der Waals surface area contributed by atoms with E-state index in [0.29, 0.717) is 18.0 Å². The fourth-order valence-corrected chi connectivity index (χ4v) is 2.19. The third-order valence-corrected chi connectivity index (χ3v) is 3.27. The lowest BCUT2D eigenvalue weighted by Crippen LogP contribution is -2.44. The quantitative estimate of drug-likeness (QED) is 0.808. The molecule has 0 saturated carbocycles. The second-order valence-corrected chi connectivity index (χ2v) is 5.80. The second-order valence-electron chi connectivity index (χ2n) is 5.80. The largest absolute Gasteiger partial charge is 0.465 e. The summed E-state index contributed by atoms with van der Waals surface area (Å²) in [6.07, 6.45) is 0. The minimum absolute atomic E-state index is 0.526. The molecule has 3 nitrogen and oxygen atoms in total. The number of nitrogens with one attached hydrogen (secondary N) is 1. The van der Waals surface area contributed by atoms with Gasteiger partial charge in [0.15, 0.2) is 0 Å². The number of furan rings is 1. The second kappa shape index (κ2) is 6.95. The van der Waals surface area contributed by atoms with E-state index in [4.69, 9.17) is 4.42 Å². The van der Waals surface area contributed by atoms with E-state index in [1.54, 1.807) is 0 Å². The molecule has 3 heteroatoms. The smallest absolute Gasteiger partial charge is 0.118 e. The normalized spacial score (nSPS) is 13.8. The molecule has 18 heavy (non-hydrogen) atoms. The Bertz CT molecular complexity index is 344. The van der Waals surface area contributed by atoms with Crippen LogP contribution in [-0.2, 0) is 6.54 Å². The summed E-state index contributed by atoms with van der Waals surface area (Å²) in [5, 5.41) is 3.53. The maximum Gasteiger partial charge on any atom is 0.118 e. The molecule has 1 unspecified atom stereocenters. The summed E-state index contributed by atoms with van der Waals surface area (Å²) >= 11 is 0. The Morgan fingerprint density at radius 3 is 2.33 bits per heavy atom. The molecule has 0 aliphatic heterocycles. The molecule has 0 radical (unpaired) electrons. The SMILES string of the molecule is Cc1ccc(CN(C)C(CNC(C)C)C(C)C)o1. The zero-order valence-corrected chi connectivity index (χ0v) is 12.7. The van der Waals surface area contributed by atoms with E-state index in [1.165, 1.54) is 0 Å². The van der Waals surface area contributed by atoms with Gasteiger partial charge in [0.05, 0.1) is 6.54 Å². The van der Waals surface area contributed by atoms with Gasteiger partial charge in [-0.1, -0.05) is 27.7 Å². The van der Waals surface area contributed by atoms with Crippen LogP contribution in [0.2, 0.25) is 0 Å². The fraction of sp³-hybridized carbons (Fsp3) is 0.733. The van der Waals surface area contributed by atoms with Crippen LogP contribution in [0.3, 0.4) is 0 Å². The van der Waals surface area contributed by atoms with Crippen molar-refractivity contribution in [2.45, 2.75) is 53.2 Å². The molecule has 0 saturated heterocycles. The summed E-state index contributed by atoms with van der Waals surface area (Å²) in [7, 11) is 2.17. The Labute approximate surface area is 112 Å². The van der Waals surface area contributed by atoms with Gasteiger partial charge in [-0.05, 0) is 32.0 Å². The summed E-state index contributed by atoms with van der Waals surface area (Å²) in [6.45, 7) is 12.8. The van der Waals surface area contributed by atoms with Gasteiger partial charge in [-0.3, -0.25) is 4.90 Å². The van der Waals surface area contributed by atoms with Gasteiger partial charge in [0.1, 0.15) is 11.5 Å². The van der Waals surface area contributed by atoms with E-state index in [2.05, 4.69) is 51.0 Å². The maximum atomic E-state index is 5.65. The van der Waals surface area contributed by atoms with Crippen LogP contribution in [0.4, 0.5) is 0 Å². The minimum atomic E-state index is 0.526. The highest BCUT2D eigenvalue weighted by Crippen LogP contribution is 2.14. The maximum absolute atomic E-state index is 5.65. The molecular weight excluding hydrogens is 224 g/mol. The average molecular weight is 252 g/mol. The Kier molecular flexibility index (Phi) is 5.89. The summed E-state index contributed by atoms with van der Waals surface area (Å²) in [4.78, 5) is 2.37. The first-order valence-electron chi connectivity index (χ1n) is 6.89. The van der Waals surface area contributed by atoms with Crippen LogP contribution in [0, 0.1) is 12.8 Å². The predicted octanol–water partition coefficient (Wildman–Crippen LogP) is 3.04. The Hall–Kier alpha value is -0.800. The molecular formula is C15H28N2O. The van der Waals surface area contributed by atoms with Crippen molar-refractivity contribution in [1.29, 1.82) is 0 Å². The lowest BCUT2D eigenvalue weighted by molar-refractivity contribution is 0.165. The van der Waals surface area contributed by atoms with E-state index in [0.717, 1.165) is 24.6 Å². The molecule has 1 aromatic rings. The van der Waals surface area contributed by atoms with E-state index < -0.39 is 0 Å². The van der Waals surface area contributed by atoms with Crippen LogP contribution >= 0.6 is 0 Å². The monoisotopic (exact) mass is 252 g/mol. The van der Waals surface area contributed by atoms with E-state index in [1.807, 2.05) is 13.0 Å². The van der Waals surface area contributed by atoms with Gasteiger partial charge in [0.2, 0.25) is 0 Å². The first-order valence-corrected chi connectivity index (χ1v) is 6.89. The van der Waals surface area contributed by atoms with Crippen molar-refractivity contribution in [2.75, 3.05) is 13.6 Å². The predicted molar refractivity (Wildman–Crippen MR) is 76.7 cm³/mol. The van der Waals surface area contributed by atoms with E-state index in [-0.39, 0.29) is 0 Å². The Balaban J connectivity index is 2.56. The highest BCUT2D eigenvalue weighted by Gasteiger charge is 2.19. The van der Waals surface area contributed by atoms with Gasteiger partial charge >= 0.3 is 0 Å². The van der Waals surface area contributed by atoms with Crippen LogP contribution < -0.4 is 5.32 Å². The Morgan fingerprint density at radius 2 is 1.89 bits per heavy atom. The highest BCUT2D eigenvalue weighted by molar-refractivity contribution is 5.05. The number of likely N-dealkylation sites (N-methyl/N-ethyl adjacent to an activating group) is 1. The number of hydrogen-bond donors (Lipinski definition) is 1. The van der Waals surface area contributed by atoms with Gasteiger partial charge in [0, 0.05) is 18.6 Å². The van der Waals surface area contributed by atoms with E-state index in [9.17, 15) is 0 Å². The zero-order chi connectivity index (χ0) is 13.7. The van der Waals surface area contributed by atoms with Crippen molar-refractivity contribution >= 4 is 0 Å². The lowest BCUT2D eigenvalue weighted by Gasteiger charge is -2.31. The lowest BCUT2D eigenvalue weighted by atomic mass is 10.0.